The molecule has 0 saturated carbocycles. The van der Waals surface area contributed by atoms with Crippen LogP contribution in [0.1, 0.15) is 6.42 Å². The van der Waals surface area contributed by atoms with Gasteiger partial charge in [-0.25, -0.2) is 9.97 Å². The van der Waals surface area contributed by atoms with E-state index in [-0.39, 0.29) is 5.28 Å². The lowest BCUT2D eigenvalue weighted by Gasteiger charge is -2.17. The second-order valence-corrected chi connectivity index (χ2v) is 3.29. The Bertz CT molecular complexity index is 283. The van der Waals surface area contributed by atoms with Crippen molar-refractivity contribution in [2.75, 3.05) is 32.2 Å². The predicted octanol–water partition coefficient (Wildman–Crippen LogP) is 1.60. The molecule has 0 unspecified atom stereocenters. The number of halogens is 1. The zero-order valence-electron chi connectivity index (χ0n) is 8.40. The van der Waals surface area contributed by atoms with Gasteiger partial charge >= 0.3 is 0 Å². The summed E-state index contributed by atoms with van der Waals surface area (Å²) in [6.45, 7) is 1.64. The van der Waals surface area contributed by atoms with E-state index in [1.807, 2.05) is 18.0 Å². The highest BCUT2D eigenvalue weighted by atomic mass is 35.5. The molecule has 0 aliphatic heterocycles. The quantitative estimate of drug-likeness (QED) is 0.553. The van der Waals surface area contributed by atoms with Gasteiger partial charge < -0.3 is 9.64 Å². The Morgan fingerprint density at radius 2 is 2.36 bits per heavy atom. The molecule has 0 aromatic carbocycles. The van der Waals surface area contributed by atoms with Gasteiger partial charge in [-0.3, -0.25) is 0 Å². The third-order valence-corrected chi connectivity index (χ3v) is 2.03. The van der Waals surface area contributed by atoms with Crippen LogP contribution in [0.5, 0.6) is 0 Å². The Morgan fingerprint density at radius 1 is 1.57 bits per heavy atom. The van der Waals surface area contributed by atoms with Gasteiger partial charge in [-0.15, -0.1) is 0 Å². The average Bonchev–Trinajstić information content (AvgIpc) is 2.18. The maximum Gasteiger partial charge on any atom is 0.224 e. The van der Waals surface area contributed by atoms with E-state index in [1.54, 1.807) is 13.3 Å². The molecule has 78 valence electrons. The third-order valence-electron chi connectivity index (χ3n) is 1.84. The van der Waals surface area contributed by atoms with Crippen molar-refractivity contribution >= 4 is 17.4 Å². The molecule has 14 heavy (non-hydrogen) atoms. The molecule has 0 spiro atoms. The molecule has 1 heterocycles. The van der Waals surface area contributed by atoms with Gasteiger partial charge in [-0.05, 0) is 24.1 Å². The standard InChI is InChI=1S/C9H14ClN3O/c1-13(6-3-7-14-2)8-4-5-11-9(10)12-8/h4-5H,3,6-7H2,1-2H3. The summed E-state index contributed by atoms with van der Waals surface area (Å²) < 4.78 is 4.97. The molecule has 0 aliphatic rings. The van der Waals surface area contributed by atoms with Crippen molar-refractivity contribution in [3.8, 4) is 0 Å². The molecule has 0 N–H and O–H groups in total. The van der Waals surface area contributed by atoms with Gasteiger partial charge in [0.15, 0.2) is 0 Å². The summed E-state index contributed by atoms with van der Waals surface area (Å²) in [6, 6.07) is 1.83. The first-order valence-electron chi connectivity index (χ1n) is 4.42. The van der Waals surface area contributed by atoms with Crippen LogP contribution < -0.4 is 4.90 Å². The monoisotopic (exact) mass is 215 g/mol. The lowest BCUT2D eigenvalue weighted by Crippen LogP contribution is -2.20. The Hall–Kier alpha value is -0.870. The molecule has 0 fully saturated rings. The molecule has 0 atom stereocenters. The van der Waals surface area contributed by atoms with Gasteiger partial charge in [0.05, 0.1) is 0 Å². The Morgan fingerprint density at radius 3 is 3.00 bits per heavy atom. The van der Waals surface area contributed by atoms with Crippen molar-refractivity contribution in [1.82, 2.24) is 9.97 Å². The Balaban J connectivity index is 2.47. The smallest absolute Gasteiger partial charge is 0.224 e. The fraction of sp³-hybridized carbons (Fsp3) is 0.556. The van der Waals surface area contributed by atoms with Crippen LogP contribution in [-0.2, 0) is 4.74 Å². The van der Waals surface area contributed by atoms with E-state index in [2.05, 4.69) is 9.97 Å². The maximum atomic E-state index is 5.68. The minimum atomic E-state index is 0.279. The number of hydrogen-bond acceptors (Lipinski definition) is 4. The van der Waals surface area contributed by atoms with Crippen molar-refractivity contribution in [3.05, 3.63) is 17.5 Å². The largest absolute Gasteiger partial charge is 0.385 e. The predicted molar refractivity (Wildman–Crippen MR) is 56.8 cm³/mol. The lowest BCUT2D eigenvalue weighted by molar-refractivity contribution is 0.196. The van der Waals surface area contributed by atoms with Crippen LogP contribution in [0.2, 0.25) is 5.28 Å². The number of ether oxygens (including phenoxy) is 1. The van der Waals surface area contributed by atoms with Crippen molar-refractivity contribution in [3.63, 3.8) is 0 Å². The second kappa shape index (κ2) is 5.78. The van der Waals surface area contributed by atoms with Crippen LogP contribution in [0.3, 0.4) is 0 Å². The summed E-state index contributed by atoms with van der Waals surface area (Å²) in [5, 5.41) is 0.279. The summed E-state index contributed by atoms with van der Waals surface area (Å²) in [4.78, 5) is 9.93. The molecule has 1 aromatic rings. The lowest BCUT2D eigenvalue weighted by atomic mass is 10.4. The van der Waals surface area contributed by atoms with Gasteiger partial charge in [-0.2, -0.15) is 0 Å². The summed E-state index contributed by atoms with van der Waals surface area (Å²) in [6.07, 6.45) is 2.62. The fourth-order valence-corrected chi connectivity index (χ4v) is 1.24. The van der Waals surface area contributed by atoms with Gasteiger partial charge in [0.25, 0.3) is 0 Å². The molecule has 0 amide bonds. The number of rotatable bonds is 5. The van der Waals surface area contributed by atoms with Crippen LogP contribution in [-0.4, -0.2) is 37.3 Å². The van der Waals surface area contributed by atoms with Crippen LogP contribution >= 0.6 is 11.6 Å². The molecule has 4 nitrogen and oxygen atoms in total. The van der Waals surface area contributed by atoms with Crippen molar-refractivity contribution in [2.45, 2.75) is 6.42 Å². The van der Waals surface area contributed by atoms with E-state index >= 15 is 0 Å². The number of hydrogen-bond donors (Lipinski definition) is 0. The van der Waals surface area contributed by atoms with E-state index in [0.29, 0.717) is 0 Å². The van der Waals surface area contributed by atoms with Gasteiger partial charge in [0.2, 0.25) is 5.28 Å². The summed E-state index contributed by atoms with van der Waals surface area (Å²) >= 11 is 5.68. The second-order valence-electron chi connectivity index (χ2n) is 2.95. The summed E-state index contributed by atoms with van der Waals surface area (Å²) in [5.74, 6) is 0.834. The Kier molecular flexibility index (Phi) is 4.62. The van der Waals surface area contributed by atoms with E-state index in [0.717, 1.165) is 25.4 Å². The molecule has 0 radical (unpaired) electrons. The highest BCUT2D eigenvalue weighted by Gasteiger charge is 2.02. The van der Waals surface area contributed by atoms with Gasteiger partial charge in [0.1, 0.15) is 5.82 Å². The van der Waals surface area contributed by atoms with Crippen molar-refractivity contribution < 1.29 is 4.74 Å². The van der Waals surface area contributed by atoms with Crippen molar-refractivity contribution in [1.29, 1.82) is 0 Å². The van der Waals surface area contributed by atoms with E-state index in [1.165, 1.54) is 0 Å². The SMILES string of the molecule is COCCCN(C)c1ccnc(Cl)n1. The van der Waals surface area contributed by atoms with Crippen LogP contribution in [0.25, 0.3) is 0 Å². The van der Waals surface area contributed by atoms with Crippen LogP contribution in [0.4, 0.5) is 5.82 Å². The van der Waals surface area contributed by atoms with Crippen molar-refractivity contribution in [2.24, 2.45) is 0 Å². The molecular formula is C9H14ClN3O. The van der Waals surface area contributed by atoms with E-state index < -0.39 is 0 Å². The van der Waals surface area contributed by atoms with Crippen LogP contribution in [0.15, 0.2) is 12.3 Å². The maximum absolute atomic E-state index is 5.68. The summed E-state index contributed by atoms with van der Waals surface area (Å²) in [5.41, 5.74) is 0. The average molecular weight is 216 g/mol. The first-order chi connectivity index (χ1) is 6.74. The number of nitrogens with zero attached hydrogens (tertiary/aromatic N) is 3. The highest BCUT2D eigenvalue weighted by Crippen LogP contribution is 2.10. The first kappa shape index (κ1) is 11.2. The number of methoxy groups -OCH3 is 1. The Labute approximate surface area is 88.9 Å². The van der Waals surface area contributed by atoms with Crippen LogP contribution in [0, 0.1) is 0 Å². The third kappa shape index (κ3) is 3.47. The molecule has 0 aliphatic carbocycles. The van der Waals surface area contributed by atoms with E-state index in [4.69, 9.17) is 16.3 Å². The first-order valence-corrected chi connectivity index (χ1v) is 4.80. The molecule has 1 rings (SSSR count). The number of anilines is 1. The molecular weight excluding hydrogens is 202 g/mol. The number of aromatic nitrogens is 2. The zero-order chi connectivity index (χ0) is 10.4. The van der Waals surface area contributed by atoms with Gasteiger partial charge in [-0.1, -0.05) is 0 Å². The molecule has 5 heteroatoms. The highest BCUT2D eigenvalue weighted by molar-refractivity contribution is 6.28. The minimum Gasteiger partial charge on any atom is -0.385 e. The zero-order valence-corrected chi connectivity index (χ0v) is 9.16. The molecule has 0 saturated heterocycles. The minimum absolute atomic E-state index is 0.279. The fourth-order valence-electron chi connectivity index (χ4n) is 1.10. The normalized spacial score (nSPS) is 10.2. The topological polar surface area (TPSA) is 38.2 Å². The summed E-state index contributed by atoms with van der Waals surface area (Å²) in [7, 11) is 3.66. The molecule has 0 bridgehead atoms. The van der Waals surface area contributed by atoms with E-state index in [9.17, 15) is 0 Å². The molecule has 1 aromatic heterocycles. The van der Waals surface area contributed by atoms with Gasteiger partial charge in [0, 0.05) is 33.5 Å².